The van der Waals surface area contributed by atoms with Crippen LogP contribution in [0, 0.1) is 12.3 Å². The first-order valence-corrected chi connectivity index (χ1v) is 6.07. The standard InChI is InChI=1S/C13H22N2O2/c1-5-6-7-14-10-8-11(9-10)15-12(16)17-13(2,3)4/h1,10-11,14H,6-9H2,2-4H3,(H,15,16). The molecule has 4 nitrogen and oxygen atoms in total. The van der Waals surface area contributed by atoms with E-state index >= 15 is 0 Å². The minimum absolute atomic E-state index is 0.230. The van der Waals surface area contributed by atoms with Crippen molar-refractivity contribution < 1.29 is 9.53 Å². The third kappa shape index (κ3) is 5.60. The largest absolute Gasteiger partial charge is 0.444 e. The van der Waals surface area contributed by atoms with E-state index in [1.54, 1.807) is 0 Å². The molecule has 96 valence electrons. The molecule has 1 saturated carbocycles. The van der Waals surface area contributed by atoms with Crippen molar-refractivity contribution in [3.63, 3.8) is 0 Å². The van der Waals surface area contributed by atoms with Gasteiger partial charge in [0.1, 0.15) is 5.60 Å². The van der Waals surface area contributed by atoms with Crippen LogP contribution in [-0.2, 0) is 4.74 Å². The molecule has 0 spiro atoms. The summed E-state index contributed by atoms with van der Waals surface area (Å²) in [4.78, 5) is 11.4. The smallest absolute Gasteiger partial charge is 0.407 e. The number of hydrogen-bond acceptors (Lipinski definition) is 3. The summed E-state index contributed by atoms with van der Waals surface area (Å²) in [6, 6.07) is 0.705. The number of alkyl carbamates (subject to hydrolysis) is 1. The zero-order valence-corrected chi connectivity index (χ0v) is 10.9. The maximum atomic E-state index is 11.4. The van der Waals surface area contributed by atoms with Crippen molar-refractivity contribution in [1.29, 1.82) is 0 Å². The van der Waals surface area contributed by atoms with Crippen LogP contribution in [0.4, 0.5) is 4.79 Å². The molecule has 0 saturated heterocycles. The third-order valence-electron chi connectivity index (χ3n) is 2.56. The van der Waals surface area contributed by atoms with Crippen molar-refractivity contribution in [2.24, 2.45) is 0 Å². The normalized spacial score (nSPS) is 23.4. The second-order valence-corrected chi connectivity index (χ2v) is 5.42. The van der Waals surface area contributed by atoms with E-state index in [2.05, 4.69) is 16.6 Å². The Morgan fingerprint density at radius 2 is 2.06 bits per heavy atom. The number of carbonyl (C=O) groups is 1. The molecular weight excluding hydrogens is 216 g/mol. The van der Waals surface area contributed by atoms with E-state index in [0.717, 1.165) is 25.8 Å². The lowest BCUT2D eigenvalue weighted by molar-refractivity contribution is 0.0466. The van der Waals surface area contributed by atoms with Crippen molar-refractivity contribution in [3.8, 4) is 12.3 Å². The molecule has 0 aromatic heterocycles. The molecule has 0 bridgehead atoms. The summed E-state index contributed by atoms with van der Waals surface area (Å²) in [5, 5.41) is 6.19. The first kappa shape index (κ1) is 13.9. The zero-order valence-electron chi connectivity index (χ0n) is 10.9. The summed E-state index contributed by atoms with van der Waals surface area (Å²) in [5.74, 6) is 2.59. The second-order valence-electron chi connectivity index (χ2n) is 5.42. The molecule has 0 heterocycles. The van der Waals surface area contributed by atoms with Crippen LogP contribution >= 0.6 is 0 Å². The molecule has 0 radical (unpaired) electrons. The summed E-state index contributed by atoms with van der Waals surface area (Å²) in [6.45, 7) is 6.42. The van der Waals surface area contributed by atoms with E-state index in [9.17, 15) is 4.79 Å². The fourth-order valence-electron chi connectivity index (χ4n) is 1.73. The van der Waals surface area contributed by atoms with E-state index in [1.807, 2.05) is 20.8 Å². The Morgan fingerprint density at radius 1 is 1.41 bits per heavy atom. The van der Waals surface area contributed by atoms with E-state index in [0.29, 0.717) is 6.04 Å². The molecule has 1 fully saturated rings. The second kappa shape index (κ2) is 5.92. The maximum absolute atomic E-state index is 11.4. The Bertz CT molecular complexity index is 296. The summed E-state index contributed by atoms with van der Waals surface area (Å²) in [5.41, 5.74) is -0.432. The first-order chi connectivity index (χ1) is 7.90. The molecule has 0 aromatic rings. The molecular formula is C13H22N2O2. The van der Waals surface area contributed by atoms with Crippen LogP contribution in [0.2, 0.25) is 0 Å². The molecule has 4 heteroatoms. The molecule has 1 amide bonds. The Labute approximate surface area is 103 Å². The number of terminal acetylenes is 1. The van der Waals surface area contributed by atoms with Gasteiger partial charge in [-0.2, -0.15) is 0 Å². The number of carbonyl (C=O) groups excluding carboxylic acids is 1. The minimum Gasteiger partial charge on any atom is -0.444 e. The third-order valence-corrected chi connectivity index (χ3v) is 2.56. The van der Waals surface area contributed by atoms with Gasteiger partial charge in [0.2, 0.25) is 0 Å². The highest BCUT2D eigenvalue weighted by Crippen LogP contribution is 2.20. The van der Waals surface area contributed by atoms with Crippen molar-refractivity contribution in [1.82, 2.24) is 10.6 Å². The van der Waals surface area contributed by atoms with Crippen LogP contribution < -0.4 is 10.6 Å². The Kier molecular flexibility index (Phi) is 4.83. The number of hydrogen-bond donors (Lipinski definition) is 2. The summed E-state index contributed by atoms with van der Waals surface area (Å²) in [7, 11) is 0. The van der Waals surface area contributed by atoms with Crippen LogP contribution in [0.3, 0.4) is 0 Å². The first-order valence-electron chi connectivity index (χ1n) is 6.07. The zero-order chi connectivity index (χ0) is 12.9. The monoisotopic (exact) mass is 238 g/mol. The van der Waals surface area contributed by atoms with Crippen LogP contribution in [0.15, 0.2) is 0 Å². The van der Waals surface area contributed by atoms with Gasteiger partial charge < -0.3 is 15.4 Å². The molecule has 0 aliphatic heterocycles. The average Bonchev–Trinajstić information content (AvgIpc) is 2.10. The van der Waals surface area contributed by atoms with Crippen molar-refractivity contribution in [2.75, 3.05) is 6.54 Å². The molecule has 2 N–H and O–H groups in total. The number of amides is 1. The van der Waals surface area contributed by atoms with Crippen molar-refractivity contribution >= 4 is 6.09 Å². The molecule has 1 rings (SSSR count). The van der Waals surface area contributed by atoms with Gasteiger partial charge in [-0.1, -0.05) is 0 Å². The van der Waals surface area contributed by atoms with Crippen LogP contribution in [0.25, 0.3) is 0 Å². The fraction of sp³-hybridized carbons (Fsp3) is 0.769. The highest BCUT2D eigenvalue weighted by molar-refractivity contribution is 5.68. The van der Waals surface area contributed by atoms with Crippen LogP contribution in [0.1, 0.15) is 40.0 Å². The van der Waals surface area contributed by atoms with Crippen LogP contribution in [0.5, 0.6) is 0 Å². The predicted octanol–water partition coefficient (Wildman–Crippen LogP) is 1.65. The molecule has 0 atom stereocenters. The van der Waals surface area contributed by atoms with Gasteiger partial charge in [-0.15, -0.1) is 12.3 Å². The molecule has 1 aliphatic carbocycles. The van der Waals surface area contributed by atoms with Gasteiger partial charge in [0.25, 0.3) is 0 Å². The lowest BCUT2D eigenvalue weighted by Gasteiger charge is -2.36. The Hall–Kier alpha value is -1.21. The number of nitrogens with one attached hydrogen (secondary N) is 2. The molecule has 1 aliphatic rings. The lowest BCUT2D eigenvalue weighted by Crippen LogP contribution is -2.53. The van der Waals surface area contributed by atoms with E-state index in [-0.39, 0.29) is 12.1 Å². The topological polar surface area (TPSA) is 50.4 Å². The van der Waals surface area contributed by atoms with Gasteiger partial charge in [0.05, 0.1) is 0 Å². The van der Waals surface area contributed by atoms with Gasteiger partial charge in [0, 0.05) is 25.0 Å². The lowest BCUT2D eigenvalue weighted by atomic mass is 9.87. The van der Waals surface area contributed by atoms with Crippen molar-refractivity contribution in [3.05, 3.63) is 0 Å². The molecule has 17 heavy (non-hydrogen) atoms. The van der Waals surface area contributed by atoms with E-state index in [4.69, 9.17) is 11.2 Å². The summed E-state index contributed by atoms with van der Waals surface area (Å²) < 4.78 is 5.18. The maximum Gasteiger partial charge on any atom is 0.407 e. The Balaban J connectivity index is 2.09. The van der Waals surface area contributed by atoms with E-state index < -0.39 is 5.60 Å². The fourth-order valence-corrected chi connectivity index (χ4v) is 1.73. The molecule has 0 aromatic carbocycles. The SMILES string of the molecule is C#CCCNC1CC(NC(=O)OC(C)(C)C)C1. The van der Waals surface area contributed by atoms with Gasteiger partial charge in [0.15, 0.2) is 0 Å². The summed E-state index contributed by atoms with van der Waals surface area (Å²) >= 11 is 0. The van der Waals surface area contributed by atoms with Crippen LogP contribution in [-0.4, -0.2) is 30.3 Å². The van der Waals surface area contributed by atoms with Gasteiger partial charge in [-0.3, -0.25) is 0 Å². The number of ether oxygens (including phenoxy) is 1. The number of rotatable bonds is 4. The average molecular weight is 238 g/mol. The summed E-state index contributed by atoms with van der Waals surface area (Å²) in [6.07, 6.45) is 7.48. The highest BCUT2D eigenvalue weighted by atomic mass is 16.6. The van der Waals surface area contributed by atoms with Gasteiger partial charge in [-0.25, -0.2) is 4.79 Å². The van der Waals surface area contributed by atoms with E-state index in [1.165, 1.54) is 0 Å². The predicted molar refractivity (Wildman–Crippen MR) is 67.6 cm³/mol. The Morgan fingerprint density at radius 3 is 2.59 bits per heavy atom. The highest BCUT2D eigenvalue weighted by Gasteiger charge is 2.30. The molecule has 0 unspecified atom stereocenters. The quantitative estimate of drug-likeness (QED) is 0.578. The van der Waals surface area contributed by atoms with Gasteiger partial charge in [-0.05, 0) is 33.6 Å². The van der Waals surface area contributed by atoms with Gasteiger partial charge >= 0.3 is 6.09 Å². The minimum atomic E-state index is -0.432. The van der Waals surface area contributed by atoms with Crippen molar-refractivity contribution in [2.45, 2.75) is 57.7 Å².